The molecule has 2 bridgehead atoms. The molecule has 1 amide bonds. The van der Waals surface area contributed by atoms with Crippen molar-refractivity contribution in [2.45, 2.75) is 31.1 Å². The summed E-state index contributed by atoms with van der Waals surface area (Å²) in [5, 5.41) is 11.1. The van der Waals surface area contributed by atoms with E-state index in [2.05, 4.69) is 25.5 Å². The maximum atomic E-state index is 14.0. The summed E-state index contributed by atoms with van der Waals surface area (Å²) < 4.78 is 52.2. The molecule has 0 radical (unpaired) electrons. The molecule has 1 aliphatic carbocycles. The SMILES string of the molecule is O=C(c1cc(F)ccc1-n1nccn1)N1C[C@@H]2C[C@@H](Nc3ncc(C(F)(F)F)cn3)[C@@H]1C2. The van der Waals surface area contributed by atoms with Gasteiger partial charge >= 0.3 is 6.18 Å². The number of amides is 1. The van der Waals surface area contributed by atoms with Crippen molar-refractivity contribution in [1.82, 2.24) is 29.9 Å². The summed E-state index contributed by atoms with van der Waals surface area (Å²) in [6.07, 6.45) is 1.31. The number of carbonyl (C=O) groups is 1. The second-order valence-electron chi connectivity index (χ2n) is 7.89. The first-order valence-corrected chi connectivity index (χ1v) is 9.92. The minimum Gasteiger partial charge on any atom is -0.349 e. The lowest BCUT2D eigenvalue weighted by molar-refractivity contribution is -0.138. The summed E-state index contributed by atoms with van der Waals surface area (Å²) in [4.78, 5) is 23.8. The van der Waals surface area contributed by atoms with Crippen LogP contribution in [0.2, 0.25) is 0 Å². The van der Waals surface area contributed by atoms with Gasteiger partial charge in [0, 0.05) is 25.0 Å². The molecule has 12 heteroatoms. The number of likely N-dealkylation sites (tertiary alicyclic amines) is 1. The van der Waals surface area contributed by atoms with Gasteiger partial charge in [0.2, 0.25) is 5.95 Å². The molecular formula is C20H17F4N7O. The van der Waals surface area contributed by atoms with E-state index in [-0.39, 0.29) is 35.4 Å². The maximum absolute atomic E-state index is 14.0. The number of hydrogen-bond donors (Lipinski definition) is 1. The third-order valence-electron chi connectivity index (χ3n) is 5.86. The monoisotopic (exact) mass is 447 g/mol. The third kappa shape index (κ3) is 3.65. The second-order valence-corrected chi connectivity index (χ2v) is 7.89. The molecule has 3 aromatic rings. The quantitative estimate of drug-likeness (QED) is 0.619. The third-order valence-corrected chi connectivity index (χ3v) is 5.86. The lowest BCUT2D eigenvalue weighted by Crippen LogP contribution is -2.48. The highest BCUT2D eigenvalue weighted by Gasteiger charge is 2.47. The number of piperidine rings is 1. The Kier molecular flexibility index (Phi) is 4.79. The molecule has 0 unspecified atom stereocenters. The first kappa shape index (κ1) is 20.3. The molecule has 2 aliphatic rings. The summed E-state index contributed by atoms with van der Waals surface area (Å²) in [5.41, 5.74) is -0.434. The van der Waals surface area contributed by atoms with Crippen molar-refractivity contribution in [2.75, 3.05) is 11.9 Å². The number of aromatic nitrogens is 5. The van der Waals surface area contributed by atoms with Crippen LogP contribution < -0.4 is 5.32 Å². The van der Waals surface area contributed by atoms with Gasteiger partial charge in [0.25, 0.3) is 5.91 Å². The van der Waals surface area contributed by atoms with Crippen LogP contribution in [-0.2, 0) is 6.18 Å². The Morgan fingerprint density at radius 1 is 1.09 bits per heavy atom. The topological polar surface area (TPSA) is 88.8 Å². The van der Waals surface area contributed by atoms with E-state index in [0.717, 1.165) is 31.3 Å². The van der Waals surface area contributed by atoms with E-state index in [1.807, 2.05) is 0 Å². The summed E-state index contributed by atoms with van der Waals surface area (Å²) in [6, 6.07) is 3.39. The number of nitrogens with one attached hydrogen (secondary N) is 1. The Labute approximate surface area is 179 Å². The molecule has 32 heavy (non-hydrogen) atoms. The molecule has 2 aromatic heterocycles. The Bertz CT molecular complexity index is 1130. The minimum absolute atomic E-state index is 0.0649. The van der Waals surface area contributed by atoms with Gasteiger partial charge in [0.1, 0.15) is 5.82 Å². The molecule has 0 spiro atoms. The van der Waals surface area contributed by atoms with Crippen molar-refractivity contribution in [3.05, 3.63) is 59.9 Å². The Hall–Kier alpha value is -3.57. The van der Waals surface area contributed by atoms with Crippen molar-refractivity contribution in [2.24, 2.45) is 5.92 Å². The summed E-state index contributed by atoms with van der Waals surface area (Å²) in [7, 11) is 0. The van der Waals surface area contributed by atoms with Gasteiger partial charge in [-0.25, -0.2) is 14.4 Å². The summed E-state index contributed by atoms with van der Waals surface area (Å²) in [5.74, 6) is -0.628. The number of rotatable bonds is 4. The first-order chi connectivity index (χ1) is 15.3. The fraction of sp³-hybridized carbons (Fsp3) is 0.350. The summed E-state index contributed by atoms with van der Waals surface area (Å²) >= 11 is 0. The van der Waals surface area contributed by atoms with Crippen molar-refractivity contribution in [3.8, 4) is 5.69 Å². The second kappa shape index (κ2) is 7.53. The average Bonchev–Trinajstić information content (AvgIpc) is 3.50. The molecule has 166 valence electrons. The number of carbonyl (C=O) groups excluding carboxylic acids is 1. The highest BCUT2D eigenvalue weighted by molar-refractivity contribution is 5.98. The standard InChI is InChI=1S/C20H17F4N7O/c21-13-1-2-16(31-27-3-4-28-31)14(7-13)18(32)30-10-11-5-15(17(30)6-11)29-19-25-8-12(9-26-19)20(22,23)24/h1-4,7-9,11,15,17H,5-6,10H2,(H,25,26,29)/t11-,15-,17+/m1/s1. The van der Waals surface area contributed by atoms with Crippen LogP contribution in [-0.4, -0.2) is 54.4 Å². The number of hydrogen-bond acceptors (Lipinski definition) is 6. The first-order valence-electron chi connectivity index (χ1n) is 9.92. The van der Waals surface area contributed by atoms with Gasteiger partial charge in [-0.2, -0.15) is 28.2 Å². The van der Waals surface area contributed by atoms with E-state index >= 15 is 0 Å². The Morgan fingerprint density at radius 3 is 2.47 bits per heavy atom. The molecule has 1 aromatic carbocycles. The van der Waals surface area contributed by atoms with Gasteiger partial charge in [-0.1, -0.05) is 0 Å². The fourth-order valence-corrected chi connectivity index (χ4v) is 4.48. The van der Waals surface area contributed by atoms with Crippen LogP contribution in [0.4, 0.5) is 23.5 Å². The van der Waals surface area contributed by atoms with Crippen molar-refractivity contribution in [1.29, 1.82) is 0 Å². The smallest absolute Gasteiger partial charge is 0.349 e. The number of benzene rings is 1. The van der Waals surface area contributed by atoms with E-state index in [4.69, 9.17) is 0 Å². The molecule has 1 saturated carbocycles. The number of halogens is 4. The number of nitrogens with zero attached hydrogens (tertiary/aromatic N) is 6. The number of fused-ring (bicyclic) bond motifs is 2. The highest BCUT2D eigenvalue weighted by atomic mass is 19.4. The van der Waals surface area contributed by atoms with Gasteiger partial charge in [0.05, 0.1) is 35.2 Å². The molecule has 1 aliphatic heterocycles. The van der Waals surface area contributed by atoms with Crippen LogP contribution >= 0.6 is 0 Å². The maximum Gasteiger partial charge on any atom is 0.419 e. The van der Waals surface area contributed by atoms with E-state index in [9.17, 15) is 22.4 Å². The number of alkyl halides is 3. The van der Waals surface area contributed by atoms with Crippen LogP contribution in [0.15, 0.2) is 43.0 Å². The van der Waals surface area contributed by atoms with Crippen LogP contribution in [0.3, 0.4) is 0 Å². The zero-order valence-electron chi connectivity index (χ0n) is 16.5. The van der Waals surface area contributed by atoms with Crippen LogP contribution in [0.25, 0.3) is 5.69 Å². The van der Waals surface area contributed by atoms with E-state index in [0.29, 0.717) is 12.2 Å². The number of anilines is 1. The molecule has 1 N–H and O–H groups in total. The molecule has 3 heterocycles. The van der Waals surface area contributed by atoms with Gasteiger partial charge in [0.15, 0.2) is 0 Å². The van der Waals surface area contributed by atoms with Gasteiger partial charge < -0.3 is 10.2 Å². The zero-order valence-corrected chi connectivity index (χ0v) is 16.5. The van der Waals surface area contributed by atoms with Crippen molar-refractivity contribution < 1.29 is 22.4 Å². The molecular weight excluding hydrogens is 430 g/mol. The lowest BCUT2D eigenvalue weighted by atomic mass is 10.0. The van der Waals surface area contributed by atoms with Gasteiger partial charge in [-0.15, -0.1) is 0 Å². The largest absolute Gasteiger partial charge is 0.419 e. The van der Waals surface area contributed by atoms with Gasteiger partial charge in [-0.05, 0) is 37.0 Å². The normalized spacial score (nSPS) is 22.4. The molecule has 1 saturated heterocycles. The molecule has 2 fully saturated rings. The van der Waals surface area contributed by atoms with E-state index < -0.39 is 17.6 Å². The van der Waals surface area contributed by atoms with Crippen molar-refractivity contribution >= 4 is 11.9 Å². The van der Waals surface area contributed by atoms with Gasteiger partial charge in [-0.3, -0.25) is 4.79 Å². The molecule has 8 nitrogen and oxygen atoms in total. The molecule has 5 rings (SSSR count). The minimum atomic E-state index is -4.51. The summed E-state index contributed by atoms with van der Waals surface area (Å²) in [6.45, 7) is 0.512. The average molecular weight is 447 g/mol. The highest BCUT2D eigenvalue weighted by Crippen LogP contribution is 2.40. The van der Waals surface area contributed by atoms with Crippen LogP contribution in [0.5, 0.6) is 0 Å². The lowest BCUT2D eigenvalue weighted by Gasteiger charge is -2.34. The molecule has 3 atom stereocenters. The van der Waals surface area contributed by atoms with Crippen molar-refractivity contribution in [3.63, 3.8) is 0 Å². The predicted octanol–water partition coefficient (Wildman–Crippen LogP) is 2.93. The van der Waals surface area contributed by atoms with E-state index in [1.165, 1.54) is 29.3 Å². The fourth-order valence-electron chi connectivity index (χ4n) is 4.48. The zero-order chi connectivity index (χ0) is 22.5. The van der Waals surface area contributed by atoms with Crippen LogP contribution in [0.1, 0.15) is 28.8 Å². The Balaban J connectivity index is 1.37. The van der Waals surface area contributed by atoms with Crippen LogP contribution in [0, 0.1) is 11.7 Å². The Morgan fingerprint density at radius 2 is 1.81 bits per heavy atom. The van der Waals surface area contributed by atoms with E-state index in [1.54, 1.807) is 4.90 Å². The predicted molar refractivity (Wildman–Crippen MR) is 103 cm³/mol.